The average Bonchev–Trinajstić information content (AvgIpc) is 2.57. The van der Waals surface area contributed by atoms with Crippen LogP contribution < -0.4 is 16.4 Å². The number of amides is 2. The molecule has 1 unspecified atom stereocenters. The molecular weight excluding hydrogens is 284 g/mol. The lowest BCUT2D eigenvalue weighted by molar-refractivity contribution is -0.125. The molecule has 1 fully saturated rings. The van der Waals surface area contributed by atoms with Gasteiger partial charge >= 0.3 is 0 Å². The molecule has 22 heavy (non-hydrogen) atoms. The summed E-state index contributed by atoms with van der Waals surface area (Å²) in [5, 5.41) is 5.41. The van der Waals surface area contributed by atoms with E-state index in [1.54, 1.807) is 0 Å². The third-order valence-corrected chi connectivity index (χ3v) is 4.25. The maximum absolute atomic E-state index is 11.8. The monoisotopic (exact) mass is 314 g/mol. The van der Waals surface area contributed by atoms with Gasteiger partial charge < -0.3 is 21.1 Å². The zero-order chi connectivity index (χ0) is 16.4. The van der Waals surface area contributed by atoms with Crippen LogP contribution in [0.1, 0.15) is 26.7 Å². The fourth-order valence-corrected chi connectivity index (χ4v) is 2.87. The van der Waals surface area contributed by atoms with Gasteiger partial charge in [-0.1, -0.05) is 26.7 Å². The van der Waals surface area contributed by atoms with E-state index >= 15 is 0 Å². The van der Waals surface area contributed by atoms with Crippen LogP contribution in [0.15, 0.2) is 0 Å². The van der Waals surface area contributed by atoms with Gasteiger partial charge in [-0.2, -0.15) is 0 Å². The van der Waals surface area contributed by atoms with E-state index in [0.29, 0.717) is 18.5 Å². The van der Waals surface area contributed by atoms with Crippen molar-refractivity contribution in [2.45, 2.75) is 32.7 Å². The van der Waals surface area contributed by atoms with E-state index in [0.717, 1.165) is 39.1 Å². The lowest BCUT2D eigenvalue weighted by Crippen LogP contribution is -2.53. The van der Waals surface area contributed by atoms with Crippen LogP contribution in [0.5, 0.6) is 0 Å². The highest BCUT2D eigenvalue weighted by Gasteiger charge is 2.27. The molecule has 0 spiro atoms. The second-order valence-electron chi connectivity index (χ2n) is 5.58. The molecule has 128 valence electrons. The molecule has 0 aromatic heterocycles. The fourth-order valence-electron chi connectivity index (χ4n) is 2.87. The first-order valence-electron chi connectivity index (χ1n) is 8.17. The molecular formula is C15H30N4O3. The number of nitrogens with zero attached hydrogens (tertiary/aromatic N) is 1. The summed E-state index contributed by atoms with van der Waals surface area (Å²) < 4.78 is 5.41. The van der Waals surface area contributed by atoms with Gasteiger partial charge in [-0.15, -0.1) is 0 Å². The minimum absolute atomic E-state index is 0.0191. The summed E-state index contributed by atoms with van der Waals surface area (Å²) in [6, 6.07) is 0.313. The SMILES string of the molecule is CCC(CC)C(CNC(=O)CNC(=O)CN)N1CCOCC1. The highest BCUT2D eigenvalue weighted by atomic mass is 16.5. The quantitative estimate of drug-likeness (QED) is 0.524. The summed E-state index contributed by atoms with van der Waals surface area (Å²) in [6.07, 6.45) is 2.16. The highest BCUT2D eigenvalue weighted by molar-refractivity contribution is 5.85. The predicted molar refractivity (Wildman–Crippen MR) is 85.3 cm³/mol. The second kappa shape index (κ2) is 10.5. The molecule has 0 radical (unpaired) electrons. The van der Waals surface area contributed by atoms with Gasteiger partial charge in [0.05, 0.1) is 26.3 Å². The van der Waals surface area contributed by atoms with Gasteiger partial charge in [-0.25, -0.2) is 0 Å². The Morgan fingerprint density at radius 3 is 2.32 bits per heavy atom. The molecule has 4 N–H and O–H groups in total. The number of morpholine rings is 1. The van der Waals surface area contributed by atoms with Crippen molar-refractivity contribution in [2.24, 2.45) is 11.7 Å². The number of carbonyl (C=O) groups excluding carboxylic acids is 2. The molecule has 0 bridgehead atoms. The highest BCUT2D eigenvalue weighted by Crippen LogP contribution is 2.19. The van der Waals surface area contributed by atoms with Gasteiger partial charge in [0.25, 0.3) is 0 Å². The van der Waals surface area contributed by atoms with Crippen LogP contribution in [0, 0.1) is 5.92 Å². The van der Waals surface area contributed by atoms with Crippen LogP contribution in [0.3, 0.4) is 0 Å². The van der Waals surface area contributed by atoms with Crippen LogP contribution in [0.4, 0.5) is 0 Å². The molecule has 1 heterocycles. The van der Waals surface area contributed by atoms with E-state index in [-0.39, 0.29) is 24.9 Å². The van der Waals surface area contributed by atoms with Crippen molar-refractivity contribution in [1.82, 2.24) is 15.5 Å². The molecule has 1 aliphatic rings. The largest absolute Gasteiger partial charge is 0.379 e. The van der Waals surface area contributed by atoms with Crippen LogP contribution in [0.2, 0.25) is 0 Å². The van der Waals surface area contributed by atoms with E-state index in [1.165, 1.54) is 0 Å². The Balaban J connectivity index is 2.49. The van der Waals surface area contributed by atoms with Crippen molar-refractivity contribution in [3.8, 4) is 0 Å². The summed E-state index contributed by atoms with van der Waals surface area (Å²) in [6.45, 7) is 8.15. The molecule has 1 saturated heterocycles. The Hall–Kier alpha value is -1.18. The number of rotatable bonds is 9. The summed E-state index contributed by atoms with van der Waals surface area (Å²) in [4.78, 5) is 25.3. The van der Waals surface area contributed by atoms with Crippen molar-refractivity contribution >= 4 is 11.8 Å². The van der Waals surface area contributed by atoms with Crippen LogP contribution >= 0.6 is 0 Å². The van der Waals surface area contributed by atoms with Crippen LogP contribution in [-0.2, 0) is 14.3 Å². The lowest BCUT2D eigenvalue weighted by atomic mass is 9.92. The first-order valence-corrected chi connectivity index (χ1v) is 8.17. The van der Waals surface area contributed by atoms with E-state index < -0.39 is 0 Å². The third kappa shape index (κ3) is 6.29. The maximum atomic E-state index is 11.8. The molecule has 0 aromatic rings. The molecule has 1 rings (SSSR count). The van der Waals surface area contributed by atoms with Crippen molar-refractivity contribution in [2.75, 3.05) is 45.9 Å². The van der Waals surface area contributed by atoms with Crippen molar-refractivity contribution < 1.29 is 14.3 Å². The standard InChI is InChI=1S/C15H30N4O3/c1-3-12(4-2)13(19-5-7-22-8-6-19)10-17-15(21)11-18-14(20)9-16/h12-13H,3-11,16H2,1-2H3,(H,17,21)(H,18,20). The smallest absolute Gasteiger partial charge is 0.239 e. The first kappa shape index (κ1) is 18.9. The minimum Gasteiger partial charge on any atom is -0.379 e. The van der Waals surface area contributed by atoms with Gasteiger partial charge in [0.2, 0.25) is 11.8 Å². The minimum atomic E-state index is -0.320. The molecule has 2 amide bonds. The number of carbonyl (C=O) groups is 2. The summed E-state index contributed by atoms with van der Waals surface area (Å²) in [5.74, 6) is 0.0444. The number of nitrogens with one attached hydrogen (secondary N) is 2. The zero-order valence-corrected chi connectivity index (χ0v) is 13.8. The van der Waals surface area contributed by atoms with E-state index in [9.17, 15) is 9.59 Å². The average molecular weight is 314 g/mol. The van der Waals surface area contributed by atoms with Crippen molar-refractivity contribution in [3.05, 3.63) is 0 Å². The zero-order valence-electron chi connectivity index (χ0n) is 13.8. The predicted octanol–water partition coefficient (Wildman–Crippen LogP) is -0.685. The van der Waals surface area contributed by atoms with Gasteiger partial charge in [0.1, 0.15) is 0 Å². The van der Waals surface area contributed by atoms with Gasteiger partial charge in [-0.05, 0) is 5.92 Å². The van der Waals surface area contributed by atoms with Gasteiger partial charge in [0, 0.05) is 25.7 Å². The fraction of sp³-hybridized carbons (Fsp3) is 0.867. The normalized spacial score (nSPS) is 17.3. The Kier molecular flexibility index (Phi) is 9.03. The summed E-state index contributed by atoms with van der Waals surface area (Å²) in [7, 11) is 0. The molecule has 7 nitrogen and oxygen atoms in total. The molecule has 1 atom stereocenters. The van der Waals surface area contributed by atoms with E-state index in [4.69, 9.17) is 10.5 Å². The summed E-state index contributed by atoms with van der Waals surface area (Å²) >= 11 is 0. The van der Waals surface area contributed by atoms with Crippen molar-refractivity contribution in [3.63, 3.8) is 0 Å². The first-order chi connectivity index (χ1) is 10.6. The van der Waals surface area contributed by atoms with Crippen molar-refractivity contribution in [1.29, 1.82) is 0 Å². The number of hydrogen-bond acceptors (Lipinski definition) is 5. The molecule has 0 saturated carbocycles. The second-order valence-corrected chi connectivity index (χ2v) is 5.58. The Morgan fingerprint density at radius 2 is 1.77 bits per heavy atom. The van der Waals surface area contributed by atoms with E-state index in [1.807, 2.05) is 0 Å². The van der Waals surface area contributed by atoms with Gasteiger partial charge in [0.15, 0.2) is 0 Å². The topological polar surface area (TPSA) is 96.7 Å². The van der Waals surface area contributed by atoms with Crippen LogP contribution in [-0.4, -0.2) is 68.7 Å². The summed E-state index contributed by atoms with van der Waals surface area (Å²) in [5.41, 5.74) is 5.19. The number of nitrogens with two attached hydrogens (primary N) is 1. The van der Waals surface area contributed by atoms with E-state index in [2.05, 4.69) is 29.4 Å². The number of hydrogen-bond donors (Lipinski definition) is 3. The molecule has 1 aliphatic heterocycles. The Labute approximate surface area is 132 Å². The molecule has 7 heteroatoms. The van der Waals surface area contributed by atoms with Crippen LogP contribution in [0.25, 0.3) is 0 Å². The molecule has 0 aliphatic carbocycles. The maximum Gasteiger partial charge on any atom is 0.239 e. The third-order valence-electron chi connectivity index (χ3n) is 4.25. The number of ether oxygens (including phenoxy) is 1. The Bertz CT molecular complexity index is 342. The van der Waals surface area contributed by atoms with Gasteiger partial charge in [-0.3, -0.25) is 14.5 Å². The molecule has 0 aromatic carbocycles. The Morgan fingerprint density at radius 1 is 1.14 bits per heavy atom. The lowest BCUT2D eigenvalue weighted by Gasteiger charge is -2.38.